The minimum absolute atomic E-state index is 0.435. The second-order valence-corrected chi connectivity index (χ2v) is 3.27. The summed E-state index contributed by atoms with van der Waals surface area (Å²) in [5.41, 5.74) is 1.74. The van der Waals surface area contributed by atoms with Gasteiger partial charge in [0.15, 0.2) is 6.29 Å². The van der Waals surface area contributed by atoms with Gasteiger partial charge in [0.05, 0.1) is 7.11 Å². The molecule has 0 radical (unpaired) electrons. The van der Waals surface area contributed by atoms with Crippen LogP contribution in [0, 0.1) is 0 Å². The van der Waals surface area contributed by atoms with Gasteiger partial charge >= 0.3 is 0 Å². The Labute approximate surface area is 92.7 Å². The van der Waals surface area contributed by atoms with Crippen molar-refractivity contribution >= 4 is 6.29 Å². The number of para-hydroxylation sites is 1. The zero-order chi connectivity index (χ0) is 11.5. The first-order valence-electron chi connectivity index (χ1n) is 4.76. The van der Waals surface area contributed by atoms with Crippen molar-refractivity contribution in [1.82, 2.24) is 15.0 Å². The number of aryl methyl sites for hydroxylation is 1. The third kappa shape index (κ3) is 1.56. The summed E-state index contributed by atoms with van der Waals surface area (Å²) >= 11 is 0. The Morgan fingerprint density at radius 3 is 2.81 bits per heavy atom. The molecule has 0 bridgehead atoms. The molecule has 0 N–H and O–H groups in total. The number of hydrogen-bond acceptors (Lipinski definition) is 4. The average molecular weight is 217 g/mol. The summed E-state index contributed by atoms with van der Waals surface area (Å²) in [6.07, 6.45) is 0.738. The van der Waals surface area contributed by atoms with E-state index in [4.69, 9.17) is 4.74 Å². The van der Waals surface area contributed by atoms with Gasteiger partial charge in [-0.25, -0.2) is 4.68 Å². The van der Waals surface area contributed by atoms with E-state index in [1.807, 2.05) is 24.3 Å². The summed E-state index contributed by atoms with van der Waals surface area (Å²) in [5, 5.41) is 7.79. The minimum atomic E-state index is 0.435. The Morgan fingerprint density at radius 2 is 2.12 bits per heavy atom. The summed E-state index contributed by atoms with van der Waals surface area (Å²) in [4.78, 5) is 10.9. The van der Waals surface area contributed by atoms with E-state index in [-0.39, 0.29) is 0 Å². The maximum Gasteiger partial charge on any atom is 0.170 e. The van der Waals surface area contributed by atoms with Gasteiger partial charge in [0, 0.05) is 12.6 Å². The molecule has 82 valence electrons. The van der Waals surface area contributed by atoms with Gasteiger partial charge in [0.25, 0.3) is 0 Å². The molecule has 0 saturated carbocycles. The molecule has 0 unspecified atom stereocenters. The zero-order valence-corrected chi connectivity index (χ0v) is 9.04. The first-order valence-corrected chi connectivity index (χ1v) is 4.76. The molecule has 0 aliphatic carbocycles. The SMILES string of the molecule is COc1ccccc1-c1nnn(C)c1C=O. The zero-order valence-electron chi connectivity index (χ0n) is 9.04. The molecule has 0 saturated heterocycles. The van der Waals surface area contributed by atoms with Crippen molar-refractivity contribution in [3.8, 4) is 17.0 Å². The first-order chi connectivity index (χ1) is 7.77. The molecule has 0 aliphatic rings. The fraction of sp³-hybridized carbons (Fsp3) is 0.182. The van der Waals surface area contributed by atoms with Crippen molar-refractivity contribution in [2.45, 2.75) is 0 Å². The van der Waals surface area contributed by atoms with Crippen molar-refractivity contribution in [3.63, 3.8) is 0 Å². The standard InChI is InChI=1S/C11H11N3O2/c1-14-9(7-15)11(12-13-14)8-5-3-4-6-10(8)16-2/h3-7H,1-2H3. The van der Waals surface area contributed by atoms with Gasteiger partial charge in [-0.1, -0.05) is 17.3 Å². The molecule has 0 aliphatic heterocycles. The van der Waals surface area contributed by atoms with Crippen LogP contribution in [0.15, 0.2) is 24.3 Å². The molecule has 0 fully saturated rings. The van der Waals surface area contributed by atoms with Gasteiger partial charge in [-0.05, 0) is 12.1 Å². The molecule has 5 nitrogen and oxygen atoms in total. The summed E-state index contributed by atoms with van der Waals surface area (Å²) < 4.78 is 6.65. The van der Waals surface area contributed by atoms with E-state index in [2.05, 4.69) is 10.3 Å². The molecule has 1 heterocycles. The Balaban J connectivity index is 2.62. The quantitative estimate of drug-likeness (QED) is 0.727. The van der Waals surface area contributed by atoms with Gasteiger partial charge in [-0.2, -0.15) is 0 Å². The summed E-state index contributed by atoms with van der Waals surface area (Å²) in [7, 11) is 3.26. The Bertz CT molecular complexity index is 520. The van der Waals surface area contributed by atoms with E-state index in [0.29, 0.717) is 17.1 Å². The van der Waals surface area contributed by atoms with E-state index in [1.54, 1.807) is 14.2 Å². The molecule has 5 heteroatoms. The molecule has 2 rings (SSSR count). The Hall–Kier alpha value is -2.17. The number of rotatable bonds is 3. The van der Waals surface area contributed by atoms with E-state index < -0.39 is 0 Å². The highest BCUT2D eigenvalue weighted by Gasteiger charge is 2.15. The van der Waals surface area contributed by atoms with Crippen LogP contribution in [0.5, 0.6) is 5.75 Å². The van der Waals surface area contributed by atoms with Gasteiger partial charge in [-0.3, -0.25) is 4.79 Å². The number of aldehydes is 1. The minimum Gasteiger partial charge on any atom is -0.496 e. The molecular formula is C11H11N3O2. The maximum atomic E-state index is 10.9. The summed E-state index contributed by atoms with van der Waals surface area (Å²) in [6, 6.07) is 7.38. The second kappa shape index (κ2) is 4.14. The fourth-order valence-corrected chi connectivity index (χ4v) is 1.53. The fourth-order valence-electron chi connectivity index (χ4n) is 1.53. The van der Waals surface area contributed by atoms with Gasteiger partial charge in [-0.15, -0.1) is 5.10 Å². The summed E-state index contributed by atoms with van der Waals surface area (Å²) in [5.74, 6) is 0.672. The number of carbonyl (C=O) groups excluding carboxylic acids is 1. The van der Waals surface area contributed by atoms with Crippen molar-refractivity contribution in [3.05, 3.63) is 30.0 Å². The van der Waals surface area contributed by atoms with Crippen LogP contribution in [0.25, 0.3) is 11.3 Å². The number of hydrogen-bond donors (Lipinski definition) is 0. The third-order valence-corrected chi connectivity index (χ3v) is 2.34. The average Bonchev–Trinajstić information content (AvgIpc) is 2.70. The van der Waals surface area contributed by atoms with Gasteiger partial charge in [0.1, 0.15) is 17.1 Å². The van der Waals surface area contributed by atoms with Gasteiger partial charge in [0.2, 0.25) is 0 Å². The van der Waals surface area contributed by atoms with Crippen molar-refractivity contribution in [1.29, 1.82) is 0 Å². The lowest BCUT2D eigenvalue weighted by atomic mass is 10.1. The van der Waals surface area contributed by atoms with Crippen LogP contribution in [-0.4, -0.2) is 28.4 Å². The highest BCUT2D eigenvalue weighted by molar-refractivity contribution is 5.85. The lowest BCUT2D eigenvalue weighted by Crippen LogP contribution is -1.97. The Morgan fingerprint density at radius 1 is 1.38 bits per heavy atom. The molecule has 1 aromatic heterocycles. The first kappa shape index (κ1) is 10.4. The van der Waals surface area contributed by atoms with Crippen LogP contribution in [0.4, 0.5) is 0 Å². The normalized spacial score (nSPS) is 10.1. The largest absolute Gasteiger partial charge is 0.496 e. The highest BCUT2D eigenvalue weighted by atomic mass is 16.5. The van der Waals surface area contributed by atoms with Crippen LogP contribution >= 0.6 is 0 Å². The number of aromatic nitrogens is 3. The van der Waals surface area contributed by atoms with Crippen molar-refractivity contribution in [2.24, 2.45) is 7.05 Å². The predicted octanol–water partition coefficient (Wildman–Crippen LogP) is 1.30. The number of ether oxygens (including phenoxy) is 1. The smallest absolute Gasteiger partial charge is 0.170 e. The number of benzene rings is 1. The van der Waals surface area contributed by atoms with E-state index in [1.165, 1.54) is 4.68 Å². The second-order valence-electron chi connectivity index (χ2n) is 3.27. The van der Waals surface area contributed by atoms with Crippen molar-refractivity contribution < 1.29 is 9.53 Å². The molecule has 0 amide bonds. The van der Waals surface area contributed by atoms with Crippen molar-refractivity contribution in [2.75, 3.05) is 7.11 Å². The topological polar surface area (TPSA) is 57.0 Å². The molecule has 16 heavy (non-hydrogen) atoms. The van der Waals surface area contributed by atoms with Crippen LogP contribution < -0.4 is 4.74 Å². The number of nitrogens with zero attached hydrogens (tertiary/aromatic N) is 3. The molecule has 0 spiro atoms. The van der Waals surface area contributed by atoms with E-state index in [0.717, 1.165) is 11.8 Å². The maximum absolute atomic E-state index is 10.9. The van der Waals surface area contributed by atoms with E-state index in [9.17, 15) is 4.79 Å². The lowest BCUT2D eigenvalue weighted by Gasteiger charge is -2.05. The predicted molar refractivity (Wildman–Crippen MR) is 58.4 cm³/mol. The van der Waals surface area contributed by atoms with Gasteiger partial charge < -0.3 is 4.74 Å². The molecule has 2 aromatic rings. The number of carbonyl (C=O) groups is 1. The Kier molecular flexibility index (Phi) is 2.68. The molecular weight excluding hydrogens is 206 g/mol. The highest BCUT2D eigenvalue weighted by Crippen LogP contribution is 2.29. The van der Waals surface area contributed by atoms with Crippen LogP contribution in [0.2, 0.25) is 0 Å². The summed E-state index contributed by atoms with van der Waals surface area (Å²) in [6.45, 7) is 0. The van der Waals surface area contributed by atoms with Crippen LogP contribution in [0.1, 0.15) is 10.5 Å². The number of methoxy groups -OCH3 is 1. The lowest BCUT2D eigenvalue weighted by molar-refractivity contribution is 0.111. The third-order valence-electron chi connectivity index (χ3n) is 2.34. The van der Waals surface area contributed by atoms with Crippen LogP contribution in [-0.2, 0) is 7.05 Å². The molecule has 0 atom stereocenters. The van der Waals surface area contributed by atoms with Crippen LogP contribution in [0.3, 0.4) is 0 Å². The molecule has 1 aromatic carbocycles. The monoisotopic (exact) mass is 217 g/mol. The van der Waals surface area contributed by atoms with E-state index >= 15 is 0 Å².